The van der Waals surface area contributed by atoms with Gasteiger partial charge in [0.05, 0.1) is 11.7 Å². The third kappa shape index (κ3) is 5.18. The Labute approximate surface area is 243 Å². The van der Waals surface area contributed by atoms with E-state index in [0.717, 1.165) is 44.8 Å². The van der Waals surface area contributed by atoms with Crippen LogP contribution in [0.3, 0.4) is 0 Å². The first kappa shape index (κ1) is 26.0. The Morgan fingerprint density at radius 3 is 2.73 bits per heavy atom. The Kier molecular flexibility index (Phi) is 7.24. The van der Waals surface area contributed by atoms with E-state index in [9.17, 15) is 4.79 Å². The van der Waals surface area contributed by atoms with Crippen LogP contribution in [-0.2, 0) is 4.79 Å². The van der Waals surface area contributed by atoms with Crippen molar-refractivity contribution in [3.05, 3.63) is 119 Å². The van der Waals surface area contributed by atoms with E-state index in [2.05, 4.69) is 15.6 Å². The van der Waals surface area contributed by atoms with Crippen LogP contribution in [0.4, 0.5) is 5.69 Å². The molecule has 0 aliphatic carbocycles. The summed E-state index contributed by atoms with van der Waals surface area (Å²) < 4.78 is 6.44. The number of thiocarbonyl (C=S) groups is 1. The number of carbonyl (C=O) groups is 1. The van der Waals surface area contributed by atoms with E-state index in [1.54, 1.807) is 6.20 Å². The molecule has 3 aromatic carbocycles. The van der Waals surface area contributed by atoms with E-state index in [1.165, 1.54) is 0 Å². The third-order valence-corrected chi connectivity index (χ3v) is 7.81. The molecule has 40 heavy (non-hydrogen) atoms. The first-order valence-corrected chi connectivity index (χ1v) is 13.9. The Morgan fingerprint density at radius 1 is 1.05 bits per heavy atom. The standard InChI is InChI=1S/C32H27ClN4O2S/c1-20-12-13-22(33)19-24(20)27-14-15-28(39-27)31-30(26-10-4-5-17-34-26)36-32(40)37(31)18-16-29(38)35-25-11-6-8-21-7-2-3-9-23(21)25/h2-15,17,19,30-31H,16,18H2,1H3,(H,35,38)(H,36,40). The number of rotatable bonds is 7. The van der Waals surface area contributed by atoms with Crippen molar-refractivity contribution < 1.29 is 9.21 Å². The van der Waals surface area contributed by atoms with E-state index in [0.29, 0.717) is 16.7 Å². The minimum atomic E-state index is -0.291. The lowest BCUT2D eigenvalue weighted by molar-refractivity contribution is -0.116. The van der Waals surface area contributed by atoms with Gasteiger partial charge < -0.3 is 20.0 Å². The fourth-order valence-electron chi connectivity index (χ4n) is 5.24. The second-order valence-electron chi connectivity index (χ2n) is 9.81. The van der Waals surface area contributed by atoms with Crippen molar-refractivity contribution in [1.29, 1.82) is 0 Å². The zero-order valence-electron chi connectivity index (χ0n) is 21.8. The zero-order valence-corrected chi connectivity index (χ0v) is 23.4. The summed E-state index contributed by atoms with van der Waals surface area (Å²) in [4.78, 5) is 19.7. The fraction of sp³-hybridized carbons (Fsp3) is 0.156. The molecule has 1 saturated heterocycles. The SMILES string of the molecule is Cc1ccc(Cl)cc1-c1ccc(C2C(c3ccccn3)NC(=S)N2CCC(=O)Nc2cccc3ccccc23)o1. The molecular formula is C32H27ClN4O2S. The van der Waals surface area contributed by atoms with Gasteiger partial charge in [0.25, 0.3) is 0 Å². The molecule has 8 heteroatoms. The summed E-state index contributed by atoms with van der Waals surface area (Å²) in [5.41, 5.74) is 3.63. The number of amides is 1. The van der Waals surface area contributed by atoms with Gasteiger partial charge in [-0.05, 0) is 72.6 Å². The van der Waals surface area contributed by atoms with E-state index in [1.807, 2.05) is 103 Å². The smallest absolute Gasteiger partial charge is 0.226 e. The lowest BCUT2D eigenvalue weighted by Crippen LogP contribution is -2.32. The summed E-state index contributed by atoms with van der Waals surface area (Å²) in [6.07, 6.45) is 2.01. The predicted octanol–water partition coefficient (Wildman–Crippen LogP) is 7.46. The second kappa shape index (κ2) is 11.1. The van der Waals surface area contributed by atoms with Crippen molar-refractivity contribution in [2.45, 2.75) is 25.4 Å². The molecule has 0 spiro atoms. The van der Waals surface area contributed by atoms with E-state index >= 15 is 0 Å². The minimum absolute atomic E-state index is 0.0890. The highest BCUT2D eigenvalue weighted by Gasteiger charge is 2.41. The number of hydrogen-bond donors (Lipinski definition) is 2. The molecule has 2 atom stereocenters. The lowest BCUT2D eigenvalue weighted by atomic mass is 10.0. The van der Waals surface area contributed by atoms with E-state index in [-0.39, 0.29) is 24.4 Å². The first-order chi connectivity index (χ1) is 19.5. The Balaban J connectivity index is 1.27. The molecule has 6 rings (SSSR count). The molecule has 1 aliphatic heterocycles. The number of aromatic nitrogens is 1. The number of aryl methyl sites for hydroxylation is 1. The monoisotopic (exact) mass is 566 g/mol. The molecule has 1 fully saturated rings. The van der Waals surface area contributed by atoms with Gasteiger partial charge in [0.1, 0.15) is 17.6 Å². The Morgan fingerprint density at radius 2 is 1.88 bits per heavy atom. The number of nitrogens with one attached hydrogen (secondary N) is 2. The van der Waals surface area contributed by atoms with Crippen molar-refractivity contribution in [2.75, 3.05) is 11.9 Å². The molecule has 0 saturated carbocycles. The third-order valence-electron chi connectivity index (χ3n) is 7.22. The van der Waals surface area contributed by atoms with Crippen LogP contribution in [0, 0.1) is 6.92 Å². The molecule has 200 valence electrons. The summed E-state index contributed by atoms with van der Waals surface area (Å²) in [7, 11) is 0. The predicted molar refractivity (Wildman–Crippen MR) is 163 cm³/mol. The molecule has 3 heterocycles. The van der Waals surface area contributed by atoms with Crippen LogP contribution < -0.4 is 10.6 Å². The van der Waals surface area contributed by atoms with Crippen molar-refractivity contribution in [1.82, 2.24) is 15.2 Å². The quantitative estimate of drug-likeness (QED) is 0.199. The van der Waals surface area contributed by atoms with E-state index < -0.39 is 0 Å². The minimum Gasteiger partial charge on any atom is -0.459 e. The molecule has 5 aromatic rings. The highest BCUT2D eigenvalue weighted by molar-refractivity contribution is 7.80. The Hall–Kier alpha value is -4.20. The topological polar surface area (TPSA) is 70.4 Å². The van der Waals surface area contributed by atoms with Gasteiger partial charge in [-0.25, -0.2) is 0 Å². The molecule has 0 radical (unpaired) electrons. The van der Waals surface area contributed by atoms with E-state index in [4.69, 9.17) is 28.2 Å². The van der Waals surface area contributed by atoms with Crippen LogP contribution in [0.2, 0.25) is 5.02 Å². The summed E-state index contributed by atoms with van der Waals surface area (Å²) in [5.74, 6) is 1.36. The number of anilines is 1. The number of halogens is 1. The average molecular weight is 567 g/mol. The normalized spacial score (nSPS) is 16.8. The number of carbonyl (C=O) groups excluding carboxylic acids is 1. The number of benzene rings is 3. The number of hydrogen-bond acceptors (Lipinski definition) is 4. The highest BCUT2D eigenvalue weighted by atomic mass is 35.5. The average Bonchev–Trinajstić information content (AvgIpc) is 3.58. The highest BCUT2D eigenvalue weighted by Crippen LogP contribution is 2.41. The molecule has 2 N–H and O–H groups in total. The molecule has 0 bridgehead atoms. The van der Waals surface area contributed by atoms with Crippen LogP contribution in [0.25, 0.3) is 22.1 Å². The second-order valence-corrected chi connectivity index (χ2v) is 10.6. The summed E-state index contributed by atoms with van der Waals surface area (Å²) in [6.45, 7) is 2.43. The summed E-state index contributed by atoms with van der Waals surface area (Å²) in [6, 6.07) is 28.8. The Bertz CT molecular complexity index is 1700. The maximum Gasteiger partial charge on any atom is 0.226 e. The number of nitrogens with zero attached hydrogens (tertiary/aromatic N) is 2. The summed E-state index contributed by atoms with van der Waals surface area (Å²) >= 11 is 12.1. The largest absolute Gasteiger partial charge is 0.459 e. The van der Waals surface area contributed by atoms with Gasteiger partial charge in [0.15, 0.2) is 5.11 Å². The number of furan rings is 1. The van der Waals surface area contributed by atoms with Crippen molar-refractivity contribution >= 4 is 51.3 Å². The maximum atomic E-state index is 13.1. The van der Waals surface area contributed by atoms with Crippen molar-refractivity contribution in [3.63, 3.8) is 0 Å². The van der Waals surface area contributed by atoms with Crippen LogP contribution in [0.1, 0.15) is 35.5 Å². The van der Waals surface area contributed by atoms with Crippen LogP contribution >= 0.6 is 23.8 Å². The van der Waals surface area contributed by atoms with Crippen LogP contribution in [0.15, 0.2) is 102 Å². The lowest BCUT2D eigenvalue weighted by Gasteiger charge is -2.26. The summed E-state index contributed by atoms with van der Waals surface area (Å²) in [5, 5.41) is 9.78. The molecule has 1 amide bonds. The molecule has 1 aliphatic rings. The fourth-order valence-corrected chi connectivity index (χ4v) is 5.74. The number of fused-ring (bicyclic) bond motifs is 1. The van der Waals surface area contributed by atoms with Crippen molar-refractivity contribution in [2.24, 2.45) is 0 Å². The van der Waals surface area contributed by atoms with Gasteiger partial charge in [0.2, 0.25) is 5.91 Å². The first-order valence-electron chi connectivity index (χ1n) is 13.1. The van der Waals surface area contributed by atoms with Crippen LogP contribution in [-0.4, -0.2) is 27.4 Å². The molecule has 2 unspecified atom stereocenters. The van der Waals surface area contributed by atoms with Gasteiger partial charge in [-0.1, -0.05) is 60.1 Å². The number of pyridine rings is 1. The van der Waals surface area contributed by atoms with Crippen molar-refractivity contribution in [3.8, 4) is 11.3 Å². The molecule has 6 nitrogen and oxygen atoms in total. The molecule has 2 aromatic heterocycles. The molecular weight excluding hydrogens is 540 g/mol. The van der Waals surface area contributed by atoms with Crippen LogP contribution in [0.5, 0.6) is 0 Å². The van der Waals surface area contributed by atoms with Gasteiger partial charge in [-0.15, -0.1) is 0 Å². The van der Waals surface area contributed by atoms with Gasteiger partial charge >= 0.3 is 0 Å². The van der Waals surface area contributed by atoms with Gasteiger partial charge in [0, 0.05) is 40.8 Å². The maximum absolute atomic E-state index is 13.1. The van der Waals surface area contributed by atoms with Gasteiger partial charge in [-0.3, -0.25) is 9.78 Å². The zero-order chi connectivity index (χ0) is 27.6. The van der Waals surface area contributed by atoms with Gasteiger partial charge in [-0.2, -0.15) is 0 Å².